The molecule has 0 aromatic rings. The van der Waals surface area contributed by atoms with Crippen molar-refractivity contribution in [3.8, 4) is 0 Å². The van der Waals surface area contributed by atoms with Gasteiger partial charge in [-0.1, -0.05) is 33.6 Å². The molecular formula is C18H34N2O. The largest absolute Gasteiger partial charge is 0.353 e. The maximum absolute atomic E-state index is 12.9. The third-order valence-corrected chi connectivity index (χ3v) is 6.10. The molecule has 21 heavy (non-hydrogen) atoms. The molecule has 0 aliphatic heterocycles. The molecule has 0 aromatic carbocycles. The SMILES string of the molecule is CC1CCC(CN)(C(=O)NC2CCCCC2C(C)C)CC1. The second kappa shape index (κ2) is 7.13. The average Bonchev–Trinajstić information content (AvgIpc) is 2.48. The zero-order chi connectivity index (χ0) is 15.5. The number of carbonyl (C=O) groups is 1. The average molecular weight is 294 g/mol. The second-order valence-electron chi connectivity index (χ2n) is 7.94. The summed E-state index contributed by atoms with van der Waals surface area (Å²) in [5, 5.41) is 3.41. The quantitative estimate of drug-likeness (QED) is 0.834. The Kier molecular flexibility index (Phi) is 5.70. The number of hydrogen-bond acceptors (Lipinski definition) is 2. The first-order valence-electron chi connectivity index (χ1n) is 8.99. The number of hydrogen-bond donors (Lipinski definition) is 2. The van der Waals surface area contributed by atoms with Gasteiger partial charge in [-0.2, -0.15) is 0 Å². The summed E-state index contributed by atoms with van der Waals surface area (Å²) < 4.78 is 0. The number of carbonyl (C=O) groups excluding carboxylic acids is 1. The minimum Gasteiger partial charge on any atom is -0.353 e. The molecule has 1 amide bonds. The van der Waals surface area contributed by atoms with Crippen LogP contribution in [0.5, 0.6) is 0 Å². The van der Waals surface area contributed by atoms with Crippen molar-refractivity contribution in [1.29, 1.82) is 0 Å². The van der Waals surface area contributed by atoms with Gasteiger partial charge in [-0.3, -0.25) is 4.79 Å². The molecule has 0 radical (unpaired) electrons. The molecule has 2 rings (SSSR count). The van der Waals surface area contributed by atoms with Gasteiger partial charge in [0.25, 0.3) is 0 Å². The van der Waals surface area contributed by atoms with Gasteiger partial charge in [0.05, 0.1) is 5.41 Å². The summed E-state index contributed by atoms with van der Waals surface area (Å²) in [4.78, 5) is 12.9. The molecule has 2 unspecified atom stereocenters. The Morgan fingerprint density at radius 1 is 1.19 bits per heavy atom. The lowest BCUT2D eigenvalue weighted by molar-refractivity contribution is -0.134. The summed E-state index contributed by atoms with van der Waals surface area (Å²) in [6.45, 7) is 7.37. The minimum absolute atomic E-state index is 0.245. The van der Waals surface area contributed by atoms with Gasteiger partial charge in [-0.05, 0) is 56.3 Å². The Labute approximate surface area is 130 Å². The Balaban J connectivity index is 2.01. The molecular weight excluding hydrogens is 260 g/mol. The van der Waals surface area contributed by atoms with Crippen molar-refractivity contribution in [2.75, 3.05) is 6.54 Å². The van der Waals surface area contributed by atoms with Crippen molar-refractivity contribution in [1.82, 2.24) is 5.32 Å². The van der Waals surface area contributed by atoms with E-state index in [0.29, 0.717) is 24.4 Å². The van der Waals surface area contributed by atoms with Crippen molar-refractivity contribution in [2.24, 2.45) is 28.9 Å². The third kappa shape index (κ3) is 3.80. The Morgan fingerprint density at radius 3 is 2.38 bits per heavy atom. The number of rotatable bonds is 4. The van der Waals surface area contributed by atoms with Crippen LogP contribution in [0.15, 0.2) is 0 Å². The van der Waals surface area contributed by atoms with Gasteiger partial charge in [0.2, 0.25) is 5.91 Å². The predicted octanol–water partition coefficient (Wildman–Crippen LogP) is 3.47. The standard InChI is InChI=1S/C18H34N2O/c1-13(2)15-6-4-5-7-16(15)20-17(21)18(12-19)10-8-14(3)9-11-18/h13-16H,4-12,19H2,1-3H3,(H,20,21). The minimum atomic E-state index is -0.286. The zero-order valence-corrected chi connectivity index (χ0v) is 14.2. The first-order chi connectivity index (χ1) is 9.98. The molecule has 3 heteroatoms. The van der Waals surface area contributed by atoms with E-state index in [9.17, 15) is 4.79 Å². The van der Waals surface area contributed by atoms with Gasteiger partial charge in [0.1, 0.15) is 0 Å². The van der Waals surface area contributed by atoms with Crippen molar-refractivity contribution < 1.29 is 4.79 Å². The van der Waals surface area contributed by atoms with E-state index in [1.165, 1.54) is 19.3 Å². The molecule has 0 aromatic heterocycles. The van der Waals surface area contributed by atoms with Crippen molar-refractivity contribution >= 4 is 5.91 Å². The van der Waals surface area contributed by atoms with Crippen LogP contribution in [0.25, 0.3) is 0 Å². The highest BCUT2D eigenvalue weighted by atomic mass is 16.2. The van der Waals surface area contributed by atoms with E-state index in [4.69, 9.17) is 5.73 Å². The monoisotopic (exact) mass is 294 g/mol. The molecule has 2 aliphatic carbocycles. The van der Waals surface area contributed by atoms with Crippen molar-refractivity contribution in [2.45, 2.75) is 78.2 Å². The summed E-state index contributed by atoms with van der Waals surface area (Å²) in [5.74, 6) is 2.28. The lowest BCUT2D eigenvalue weighted by atomic mass is 9.69. The molecule has 2 saturated carbocycles. The van der Waals surface area contributed by atoms with Crippen LogP contribution in [0.2, 0.25) is 0 Å². The summed E-state index contributed by atoms with van der Waals surface area (Å²) in [7, 11) is 0. The van der Waals surface area contributed by atoms with Crippen LogP contribution < -0.4 is 11.1 Å². The fourth-order valence-corrected chi connectivity index (χ4v) is 4.30. The van der Waals surface area contributed by atoms with E-state index in [0.717, 1.165) is 38.0 Å². The molecule has 3 nitrogen and oxygen atoms in total. The Bertz CT molecular complexity index is 345. The van der Waals surface area contributed by atoms with Crippen LogP contribution in [-0.2, 0) is 4.79 Å². The van der Waals surface area contributed by atoms with E-state index in [-0.39, 0.29) is 11.3 Å². The summed E-state index contributed by atoms with van der Waals surface area (Å²) in [6, 6.07) is 0.369. The normalized spacial score (nSPS) is 37.5. The van der Waals surface area contributed by atoms with Gasteiger partial charge in [-0.25, -0.2) is 0 Å². The maximum Gasteiger partial charge on any atom is 0.227 e. The molecule has 122 valence electrons. The first kappa shape index (κ1) is 16.8. The van der Waals surface area contributed by atoms with Crippen LogP contribution in [0.4, 0.5) is 0 Å². The number of amides is 1. The third-order valence-electron chi connectivity index (χ3n) is 6.10. The van der Waals surface area contributed by atoms with Crippen LogP contribution in [-0.4, -0.2) is 18.5 Å². The molecule has 3 N–H and O–H groups in total. The topological polar surface area (TPSA) is 55.1 Å². The summed E-state index contributed by atoms with van der Waals surface area (Å²) in [5.41, 5.74) is 5.74. The van der Waals surface area contributed by atoms with Crippen LogP contribution in [0.3, 0.4) is 0 Å². The van der Waals surface area contributed by atoms with Crippen LogP contribution in [0, 0.1) is 23.2 Å². The number of nitrogens with two attached hydrogens (primary N) is 1. The molecule has 0 spiro atoms. The highest BCUT2D eigenvalue weighted by molar-refractivity contribution is 5.83. The summed E-state index contributed by atoms with van der Waals surface area (Å²) in [6.07, 6.45) is 9.19. The molecule has 2 fully saturated rings. The smallest absolute Gasteiger partial charge is 0.227 e. The van der Waals surface area contributed by atoms with Crippen molar-refractivity contribution in [3.05, 3.63) is 0 Å². The lowest BCUT2D eigenvalue weighted by Crippen LogP contribution is -2.53. The molecule has 2 aliphatic rings. The van der Waals surface area contributed by atoms with Gasteiger partial charge >= 0.3 is 0 Å². The van der Waals surface area contributed by atoms with Gasteiger partial charge in [-0.15, -0.1) is 0 Å². The van der Waals surface area contributed by atoms with E-state index in [1.54, 1.807) is 0 Å². The number of nitrogens with one attached hydrogen (secondary N) is 1. The fraction of sp³-hybridized carbons (Fsp3) is 0.944. The second-order valence-corrected chi connectivity index (χ2v) is 7.94. The van der Waals surface area contributed by atoms with Gasteiger partial charge < -0.3 is 11.1 Å². The van der Waals surface area contributed by atoms with Crippen LogP contribution >= 0.6 is 0 Å². The lowest BCUT2D eigenvalue weighted by Gasteiger charge is -2.41. The van der Waals surface area contributed by atoms with E-state index in [1.807, 2.05) is 0 Å². The van der Waals surface area contributed by atoms with Crippen LogP contribution in [0.1, 0.15) is 72.1 Å². The molecule has 0 saturated heterocycles. The van der Waals surface area contributed by atoms with E-state index < -0.39 is 0 Å². The fourth-order valence-electron chi connectivity index (χ4n) is 4.30. The first-order valence-corrected chi connectivity index (χ1v) is 8.99. The highest BCUT2D eigenvalue weighted by Gasteiger charge is 2.41. The predicted molar refractivity (Wildman–Crippen MR) is 87.8 cm³/mol. The van der Waals surface area contributed by atoms with Crippen molar-refractivity contribution in [3.63, 3.8) is 0 Å². The molecule has 0 heterocycles. The summed E-state index contributed by atoms with van der Waals surface area (Å²) >= 11 is 0. The maximum atomic E-state index is 12.9. The Morgan fingerprint density at radius 2 is 1.81 bits per heavy atom. The highest BCUT2D eigenvalue weighted by Crippen LogP contribution is 2.39. The molecule has 0 bridgehead atoms. The Hall–Kier alpha value is -0.570. The zero-order valence-electron chi connectivity index (χ0n) is 14.2. The molecule has 2 atom stereocenters. The van der Waals surface area contributed by atoms with E-state index >= 15 is 0 Å². The van der Waals surface area contributed by atoms with E-state index in [2.05, 4.69) is 26.1 Å². The van der Waals surface area contributed by atoms with Gasteiger partial charge in [0.15, 0.2) is 0 Å². The van der Waals surface area contributed by atoms with Gasteiger partial charge in [0, 0.05) is 12.6 Å².